The van der Waals surface area contributed by atoms with Crippen LogP contribution in [-0.2, 0) is 0 Å². The monoisotopic (exact) mass is 210 g/mol. The van der Waals surface area contributed by atoms with Gasteiger partial charge in [0.05, 0.1) is 6.61 Å². The number of allylic oxidation sites excluding steroid dienone is 3. The number of rotatable bonds is 8. The summed E-state index contributed by atoms with van der Waals surface area (Å²) < 4.78 is 0. The van der Waals surface area contributed by atoms with Gasteiger partial charge in [-0.05, 0) is 19.3 Å². The maximum absolute atomic E-state index is 9.02. The molecule has 0 heterocycles. The minimum atomic E-state index is -0.0734. The summed E-state index contributed by atoms with van der Waals surface area (Å²) in [4.78, 5) is 0. The van der Waals surface area contributed by atoms with Crippen molar-refractivity contribution >= 4 is 0 Å². The van der Waals surface area contributed by atoms with Crippen LogP contribution in [0.2, 0.25) is 0 Å². The molecule has 0 aliphatic carbocycles. The van der Waals surface area contributed by atoms with E-state index in [9.17, 15) is 0 Å². The van der Waals surface area contributed by atoms with Crippen LogP contribution in [0.4, 0.5) is 0 Å². The van der Waals surface area contributed by atoms with E-state index in [0.717, 1.165) is 6.42 Å². The molecule has 1 nitrogen and oxygen atoms in total. The zero-order valence-corrected chi connectivity index (χ0v) is 10.5. The topological polar surface area (TPSA) is 20.2 Å². The van der Waals surface area contributed by atoms with Gasteiger partial charge in [-0.15, -0.1) is 0 Å². The first-order valence-electron chi connectivity index (χ1n) is 6.06. The Morgan fingerprint density at radius 3 is 2.40 bits per heavy atom. The van der Waals surface area contributed by atoms with Gasteiger partial charge in [0.1, 0.15) is 0 Å². The Hall–Kier alpha value is -0.560. The zero-order valence-electron chi connectivity index (χ0n) is 10.5. The first kappa shape index (κ1) is 14.4. The standard InChI is InChI=1S/C14H26O/c1-4-5-6-7-8-9-10-11-12-14(2,3)13-15/h8-9,11-12,15H,4-7,10,13H2,1-3H3/b9-8-,12-11-. The normalized spacial score (nSPS) is 13.1. The van der Waals surface area contributed by atoms with Crippen LogP contribution in [0.1, 0.15) is 52.9 Å². The van der Waals surface area contributed by atoms with Crippen molar-refractivity contribution in [1.29, 1.82) is 0 Å². The Morgan fingerprint density at radius 2 is 1.80 bits per heavy atom. The summed E-state index contributed by atoms with van der Waals surface area (Å²) in [6.45, 7) is 6.51. The molecule has 0 amide bonds. The largest absolute Gasteiger partial charge is 0.395 e. The Balaban J connectivity index is 3.52. The highest BCUT2D eigenvalue weighted by Gasteiger charge is 2.09. The first-order valence-corrected chi connectivity index (χ1v) is 6.06. The number of unbranched alkanes of at least 4 members (excludes halogenated alkanes) is 3. The number of hydrogen-bond donors (Lipinski definition) is 1. The van der Waals surface area contributed by atoms with E-state index in [4.69, 9.17) is 5.11 Å². The highest BCUT2D eigenvalue weighted by Crippen LogP contribution is 2.15. The average Bonchev–Trinajstić information content (AvgIpc) is 2.22. The Labute approximate surface area is 94.9 Å². The van der Waals surface area contributed by atoms with E-state index < -0.39 is 0 Å². The fraction of sp³-hybridized carbons (Fsp3) is 0.714. The van der Waals surface area contributed by atoms with Gasteiger partial charge < -0.3 is 5.11 Å². The molecule has 0 rings (SSSR count). The smallest absolute Gasteiger partial charge is 0.0516 e. The second-order valence-corrected chi connectivity index (χ2v) is 4.75. The van der Waals surface area contributed by atoms with Crippen LogP contribution >= 0.6 is 0 Å². The predicted octanol–water partition coefficient (Wildman–Crippen LogP) is 4.09. The molecule has 1 N–H and O–H groups in total. The van der Waals surface area contributed by atoms with E-state index in [0.29, 0.717) is 0 Å². The predicted molar refractivity (Wildman–Crippen MR) is 67.9 cm³/mol. The fourth-order valence-electron chi connectivity index (χ4n) is 1.24. The van der Waals surface area contributed by atoms with Crippen LogP contribution in [-0.4, -0.2) is 11.7 Å². The Morgan fingerprint density at radius 1 is 1.07 bits per heavy atom. The van der Waals surface area contributed by atoms with Crippen LogP contribution in [0.25, 0.3) is 0 Å². The van der Waals surface area contributed by atoms with Gasteiger partial charge in [-0.3, -0.25) is 0 Å². The lowest BCUT2D eigenvalue weighted by Crippen LogP contribution is -2.12. The molecule has 0 aliphatic rings. The third-order valence-electron chi connectivity index (χ3n) is 2.39. The molecular formula is C14H26O. The molecule has 88 valence electrons. The molecule has 0 atom stereocenters. The molecule has 0 saturated carbocycles. The molecule has 0 aromatic carbocycles. The maximum Gasteiger partial charge on any atom is 0.0516 e. The lowest BCUT2D eigenvalue weighted by molar-refractivity contribution is 0.199. The highest BCUT2D eigenvalue weighted by molar-refractivity contribution is 4.99. The molecule has 1 heteroatoms. The van der Waals surface area contributed by atoms with Crippen molar-refractivity contribution in [3.05, 3.63) is 24.3 Å². The molecule has 15 heavy (non-hydrogen) atoms. The van der Waals surface area contributed by atoms with Gasteiger partial charge in [-0.1, -0.05) is 57.9 Å². The van der Waals surface area contributed by atoms with E-state index in [1.165, 1.54) is 25.7 Å². The van der Waals surface area contributed by atoms with Crippen LogP contribution in [0.5, 0.6) is 0 Å². The average molecular weight is 210 g/mol. The Bertz CT molecular complexity index is 190. The molecule has 0 bridgehead atoms. The maximum atomic E-state index is 9.02. The van der Waals surface area contributed by atoms with E-state index in [1.807, 2.05) is 13.8 Å². The summed E-state index contributed by atoms with van der Waals surface area (Å²) in [6, 6.07) is 0. The van der Waals surface area contributed by atoms with E-state index in [1.54, 1.807) is 0 Å². The summed E-state index contributed by atoms with van der Waals surface area (Å²) in [7, 11) is 0. The quantitative estimate of drug-likeness (QED) is 0.472. The van der Waals surface area contributed by atoms with E-state index in [2.05, 4.69) is 31.2 Å². The van der Waals surface area contributed by atoms with Crippen molar-refractivity contribution in [1.82, 2.24) is 0 Å². The molecule has 0 unspecified atom stereocenters. The molecule has 0 fully saturated rings. The highest BCUT2D eigenvalue weighted by atomic mass is 16.3. The van der Waals surface area contributed by atoms with Gasteiger partial charge in [0.15, 0.2) is 0 Å². The van der Waals surface area contributed by atoms with Crippen LogP contribution in [0.15, 0.2) is 24.3 Å². The van der Waals surface area contributed by atoms with Gasteiger partial charge in [-0.25, -0.2) is 0 Å². The summed E-state index contributed by atoms with van der Waals surface area (Å²) in [6.07, 6.45) is 14.8. The number of aliphatic hydroxyl groups is 1. The summed E-state index contributed by atoms with van der Waals surface area (Å²) in [5.41, 5.74) is -0.0734. The second kappa shape index (κ2) is 8.72. The van der Waals surface area contributed by atoms with Crippen molar-refractivity contribution in [2.45, 2.75) is 52.9 Å². The number of aliphatic hydroxyl groups excluding tert-OH is 1. The van der Waals surface area contributed by atoms with E-state index >= 15 is 0 Å². The lowest BCUT2D eigenvalue weighted by atomic mass is 9.94. The van der Waals surface area contributed by atoms with Gasteiger partial charge in [0.25, 0.3) is 0 Å². The summed E-state index contributed by atoms with van der Waals surface area (Å²) in [5.74, 6) is 0. The molecule has 0 radical (unpaired) electrons. The molecule has 0 saturated heterocycles. The van der Waals surface area contributed by atoms with Crippen LogP contribution < -0.4 is 0 Å². The van der Waals surface area contributed by atoms with Crippen molar-refractivity contribution < 1.29 is 5.11 Å². The fourth-order valence-corrected chi connectivity index (χ4v) is 1.24. The van der Waals surface area contributed by atoms with Gasteiger partial charge >= 0.3 is 0 Å². The minimum Gasteiger partial charge on any atom is -0.395 e. The molecule has 0 spiro atoms. The molecule has 0 aliphatic heterocycles. The van der Waals surface area contributed by atoms with Crippen LogP contribution in [0, 0.1) is 5.41 Å². The minimum absolute atomic E-state index is 0.0734. The first-order chi connectivity index (χ1) is 7.12. The summed E-state index contributed by atoms with van der Waals surface area (Å²) in [5, 5.41) is 9.02. The third-order valence-corrected chi connectivity index (χ3v) is 2.39. The van der Waals surface area contributed by atoms with Crippen molar-refractivity contribution in [3.63, 3.8) is 0 Å². The molecular weight excluding hydrogens is 184 g/mol. The Kier molecular flexibility index (Phi) is 8.40. The lowest BCUT2D eigenvalue weighted by Gasteiger charge is -2.15. The summed E-state index contributed by atoms with van der Waals surface area (Å²) >= 11 is 0. The SMILES string of the molecule is CCCCC/C=C\C/C=C\C(C)(C)CO. The van der Waals surface area contributed by atoms with Gasteiger partial charge in [-0.2, -0.15) is 0 Å². The molecule has 0 aromatic heterocycles. The van der Waals surface area contributed by atoms with E-state index in [-0.39, 0.29) is 12.0 Å². The number of hydrogen-bond acceptors (Lipinski definition) is 1. The molecule has 0 aromatic rings. The van der Waals surface area contributed by atoms with Crippen molar-refractivity contribution in [2.24, 2.45) is 5.41 Å². The van der Waals surface area contributed by atoms with Gasteiger partial charge in [0, 0.05) is 5.41 Å². The van der Waals surface area contributed by atoms with Gasteiger partial charge in [0.2, 0.25) is 0 Å². The third kappa shape index (κ3) is 9.74. The second-order valence-electron chi connectivity index (χ2n) is 4.75. The van der Waals surface area contributed by atoms with Crippen molar-refractivity contribution in [3.8, 4) is 0 Å². The van der Waals surface area contributed by atoms with Crippen LogP contribution in [0.3, 0.4) is 0 Å². The van der Waals surface area contributed by atoms with Crippen molar-refractivity contribution in [2.75, 3.05) is 6.61 Å². The zero-order chi connectivity index (χ0) is 11.6.